The van der Waals surface area contributed by atoms with E-state index in [1.807, 2.05) is 0 Å². The minimum absolute atomic E-state index is 0.180. The third-order valence-corrected chi connectivity index (χ3v) is 2.42. The number of allylic oxidation sites excluding steroid dienone is 3. The molecule has 3 N–H and O–H groups in total. The van der Waals surface area contributed by atoms with Gasteiger partial charge in [-0.25, -0.2) is 0 Å². The van der Waals surface area contributed by atoms with E-state index in [4.69, 9.17) is 0 Å². The Hall–Kier alpha value is -2.89. The van der Waals surface area contributed by atoms with Crippen molar-refractivity contribution in [2.75, 3.05) is 0 Å². The molecule has 1 aliphatic carbocycles. The average molecular weight is 259 g/mol. The molecule has 0 saturated heterocycles. The van der Waals surface area contributed by atoms with Crippen LogP contribution < -0.4 is 5.32 Å². The molecule has 0 aromatic heterocycles. The van der Waals surface area contributed by atoms with Crippen molar-refractivity contribution < 1.29 is 24.6 Å². The number of hydrogen-bond acceptors (Lipinski definition) is 5. The number of ketones is 2. The lowest BCUT2D eigenvalue weighted by atomic mass is 10.1. The van der Waals surface area contributed by atoms with Gasteiger partial charge >= 0.3 is 0 Å². The van der Waals surface area contributed by atoms with E-state index in [0.29, 0.717) is 0 Å². The largest absolute Gasteiger partial charge is 0.508 e. The van der Waals surface area contributed by atoms with Crippen LogP contribution in [0, 0.1) is 0 Å². The summed E-state index contributed by atoms with van der Waals surface area (Å²) in [4.78, 5) is 34.4. The van der Waals surface area contributed by atoms with E-state index in [1.54, 1.807) is 0 Å². The summed E-state index contributed by atoms with van der Waals surface area (Å²) in [5, 5.41) is 21.0. The van der Waals surface area contributed by atoms with Gasteiger partial charge < -0.3 is 15.5 Å². The van der Waals surface area contributed by atoms with Crippen LogP contribution in [0.2, 0.25) is 0 Å². The fourth-order valence-electron chi connectivity index (χ4n) is 1.50. The van der Waals surface area contributed by atoms with Crippen molar-refractivity contribution >= 4 is 17.5 Å². The molecule has 1 aromatic rings. The highest BCUT2D eigenvalue weighted by atomic mass is 16.3. The summed E-state index contributed by atoms with van der Waals surface area (Å²) >= 11 is 0. The lowest BCUT2D eigenvalue weighted by Gasteiger charge is -2.10. The molecule has 0 atom stereocenters. The predicted molar refractivity (Wildman–Crippen MR) is 64.5 cm³/mol. The van der Waals surface area contributed by atoms with E-state index in [0.717, 1.165) is 30.4 Å². The van der Waals surface area contributed by atoms with Crippen molar-refractivity contribution in [1.82, 2.24) is 5.32 Å². The van der Waals surface area contributed by atoms with E-state index in [1.165, 1.54) is 6.07 Å². The first-order chi connectivity index (χ1) is 8.97. The molecule has 1 aliphatic rings. The topological polar surface area (TPSA) is 104 Å². The first kappa shape index (κ1) is 12.6. The fourth-order valence-corrected chi connectivity index (χ4v) is 1.50. The van der Waals surface area contributed by atoms with Gasteiger partial charge in [0.05, 0.1) is 11.3 Å². The van der Waals surface area contributed by atoms with Crippen molar-refractivity contribution in [3.63, 3.8) is 0 Å². The van der Waals surface area contributed by atoms with E-state index in [2.05, 4.69) is 5.32 Å². The summed E-state index contributed by atoms with van der Waals surface area (Å²) in [5.74, 6) is -2.29. The molecule has 96 valence electrons. The first-order valence-electron chi connectivity index (χ1n) is 5.29. The molecule has 0 fully saturated rings. The number of carbonyl (C=O) groups is 3. The maximum Gasteiger partial charge on any atom is 0.259 e. The maximum atomic E-state index is 11.8. The van der Waals surface area contributed by atoms with Crippen LogP contribution in [0.25, 0.3) is 0 Å². The number of phenolic OH excluding ortho intramolecular Hbond substituents is 2. The summed E-state index contributed by atoms with van der Waals surface area (Å²) in [6, 6.07) is 3.41. The number of hydrogen-bond donors (Lipinski definition) is 3. The number of amides is 1. The zero-order chi connectivity index (χ0) is 14.0. The second-order valence-corrected chi connectivity index (χ2v) is 3.81. The highest BCUT2D eigenvalue weighted by molar-refractivity contribution is 6.19. The van der Waals surface area contributed by atoms with E-state index < -0.39 is 17.5 Å². The molecule has 0 unspecified atom stereocenters. The molecule has 1 aromatic carbocycles. The lowest BCUT2D eigenvalue weighted by Crippen LogP contribution is -2.28. The van der Waals surface area contributed by atoms with Gasteiger partial charge in [0, 0.05) is 6.08 Å². The molecule has 0 saturated carbocycles. The summed E-state index contributed by atoms with van der Waals surface area (Å²) in [6.07, 6.45) is 3.12. The normalized spacial score (nSPS) is 14.2. The molecule has 6 heteroatoms. The van der Waals surface area contributed by atoms with Crippen LogP contribution in [-0.2, 0) is 9.59 Å². The summed E-state index contributed by atoms with van der Waals surface area (Å²) in [5.41, 5.74) is -0.379. The highest BCUT2D eigenvalue weighted by Crippen LogP contribution is 2.22. The summed E-state index contributed by atoms with van der Waals surface area (Å²) in [7, 11) is 0. The standard InChI is InChI=1S/C13H9NO5/c15-7-1-3-11(17)9(5-7)13(19)14-10-6-8(16)2-4-12(10)18/h1-6,15,17H,(H,14,19). The fraction of sp³-hybridized carbons (Fsp3) is 0. The second-order valence-electron chi connectivity index (χ2n) is 3.81. The second kappa shape index (κ2) is 4.77. The molecule has 6 nitrogen and oxygen atoms in total. The molecular weight excluding hydrogens is 250 g/mol. The Morgan fingerprint density at radius 1 is 1.11 bits per heavy atom. The Labute approximate surface area is 107 Å². The highest BCUT2D eigenvalue weighted by Gasteiger charge is 2.18. The van der Waals surface area contributed by atoms with Crippen LogP contribution in [0.3, 0.4) is 0 Å². The van der Waals surface area contributed by atoms with E-state index in [-0.39, 0.29) is 22.8 Å². The maximum absolute atomic E-state index is 11.8. The molecule has 0 heterocycles. The van der Waals surface area contributed by atoms with Gasteiger partial charge in [0.1, 0.15) is 11.5 Å². The third kappa shape index (κ3) is 2.68. The van der Waals surface area contributed by atoms with Crippen LogP contribution in [-0.4, -0.2) is 27.7 Å². The Morgan fingerprint density at radius 2 is 1.84 bits per heavy atom. The summed E-state index contributed by atoms with van der Waals surface area (Å²) < 4.78 is 0. The quantitative estimate of drug-likeness (QED) is 0.527. The van der Waals surface area contributed by atoms with Gasteiger partial charge in [-0.2, -0.15) is 0 Å². The molecule has 0 spiro atoms. The first-order valence-corrected chi connectivity index (χ1v) is 5.29. The summed E-state index contributed by atoms with van der Waals surface area (Å²) in [6.45, 7) is 0. The van der Waals surface area contributed by atoms with Crippen molar-refractivity contribution in [2.45, 2.75) is 0 Å². The Morgan fingerprint density at radius 3 is 2.58 bits per heavy atom. The third-order valence-electron chi connectivity index (χ3n) is 2.42. The van der Waals surface area contributed by atoms with Crippen LogP contribution in [0.1, 0.15) is 10.4 Å². The number of rotatable bonds is 2. The molecule has 0 aliphatic heterocycles. The average Bonchev–Trinajstić information content (AvgIpc) is 2.36. The molecule has 2 rings (SSSR count). The van der Waals surface area contributed by atoms with Gasteiger partial charge in [0.2, 0.25) is 5.78 Å². The Bertz CT molecular complexity index is 642. The Balaban J connectivity index is 2.24. The number of phenols is 2. The SMILES string of the molecule is O=C1C=CC(=O)C(NC(=O)c2cc(O)ccc2O)=C1. The molecule has 1 amide bonds. The zero-order valence-electron chi connectivity index (χ0n) is 9.58. The minimum Gasteiger partial charge on any atom is -0.508 e. The minimum atomic E-state index is -0.795. The number of aromatic hydroxyl groups is 2. The lowest BCUT2D eigenvalue weighted by molar-refractivity contribution is -0.114. The number of carbonyl (C=O) groups excluding carboxylic acids is 3. The number of nitrogens with one attached hydrogen (secondary N) is 1. The molecular formula is C13H9NO5. The Kier molecular flexibility index (Phi) is 3.15. The van der Waals surface area contributed by atoms with Gasteiger partial charge in [-0.1, -0.05) is 0 Å². The molecule has 0 radical (unpaired) electrons. The van der Waals surface area contributed by atoms with Crippen LogP contribution in [0.5, 0.6) is 11.5 Å². The van der Waals surface area contributed by atoms with E-state index >= 15 is 0 Å². The van der Waals surface area contributed by atoms with Crippen LogP contribution >= 0.6 is 0 Å². The van der Waals surface area contributed by atoms with Crippen molar-refractivity contribution in [3.8, 4) is 11.5 Å². The monoisotopic (exact) mass is 259 g/mol. The van der Waals surface area contributed by atoms with Crippen LogP contribution in [0.15, 0.2) is 42.1 Å². The van der Waals surface area contributed by atoms with Gasteiger partial charge in [0.15, 0.2) is 5.78 Å². The zero-order valence-corrected chi connectivity index (χ0v) is 9.58. The molecule has 0 bridgehead atoms. The molecule has 19 heavy (non-hydrogen) atoms. The van der Waals surface area contributed by atoms with Crippen molar-refractivity contribution in [2.24, 2.45) is 0 Å². The van der Waals surface area contributed by atoms with Gasteiger partial charge in [-0.3, -0.25) is 14.4 Å². The predicted octanol–water partition coefficient (Wildman–Crippen LogP) is 0.420. The van der Waals surface area contributed by atoms with Gasteiger partial charge in [-0.15, -0.1) is 0 Å². The smallest absolute Gasteiger partial charge is 0.259 e. The van der Waals surface area contributed by atoms with E-state index in [9.17, 15) is 24.6 Å². The van der Waals surface area contributed by atoms with Gasteiger partial charge in [-0.05, 0) is 30.4 Å². The van der Waals surface area contributed by atoms with Crippen molar-refractivity contribution in [1.29, 1.82) is 0 Å². The number of benzene rings is 1. The van der Waals surface area contributed by atoms with Crippen LogP contribution in [0.4, 0.5) is 0 Å². The van der Waals surface area contributed by atoms with Gasteiger partial charge in [0.25, 0.3) is 5.91 Å². The van der Waals surface area contributed by atoms with Crippen molar-refractivity contribution in [3.05, 3.63) is 47.7 Å².